The Balaban J connectivity index is 2.37. The highest BCUT2D eigenvalue weighted by Crippen LogP contribution is 2.22. The molecule has 0 aromatic rings. The summed E-state index contributed by atoms with van der Waals surface area (Å²) >= 11 is 0. The van der Waals surface area contributed by atoms with E-state index < -0.39 is 5.60 Å². The normalized spacial score (nSPS) is 29.4. The van der Waals surface area contributed by atoms with Crippen LogP contribution in [-0.4, -0.2) is 35.2 Å². The molecule has 1 atom stereocenters. The highest BCUT2D eigenvalue weighted by molar-refractivity contribution is 4.79. The van der Waals surface area contributed by atoms with Gasteiger partial charge in [0.25, 0.3) is 0 Å². The largest absolute Gasteiger partial charge is 0.390 e. The van der Waals surface area contributed by atoms with Gasteiger partial charge in [-0.2, -0.15) is 0 Å². The summed E-state index contributed by atoms with van der Waals surface area (Å²) in [4.78, 5) is 2.54. The van der Waals surface area contributed by atoms with Gasteiger partial charge in [0.05, 0.1) is 5.60 Å². The van der Waals surface area contributed by atoms with Gasteiger partial charge < -0.3 is 10.0 Å². The highest BCUT2D eigenvalue weighted by Gasteiger charge is 2.25. The van der Waals surface area contributed by atoms with E-state index in [0.29, 0.717) is 0 Å². The molecule has 0 saturated carbocycles. The van der Waals surface area contributed by atoms with Gasteiger partial charge in [0.15, 0.2) is 0 Å². The minimum absolute atomic E-state index is 0.414. The number of nitrogens with zero attached hydrogens (tertiary/aromatic N) is 1. The maximum atomic E-state index is 9.99. The second-order valence-electron chi connectivity index (χ2n) is 5.33. The van der Waals surface area contributed by atoms with Gasteiger partial charge in [0, 0.05) is 13.1 Å². The first-order valence-corrected chi connectivity index (χ1v) is 6.52. The number of likely N-dealkylation sites (tertiary alicyclic amines) is 1. The van der Waals surface area contributed by atoms with E-state index in [0.717, 1.165) is 31.7 Å². The summed E-state index contributed by atoms with van der Waals surface area (Å²) in [7, 11) is 0. The van der Waals surface area contributed by atoms with Crippen LogP contribution < -0.4 is 0 Å². The van der Waals surface area contributed by atoms with Crippen molar-refractivity contribution in [2.24, 2.45) is 5.92 Å². The zero-order valence-corrected chi connectivity index (χ0v) is 10.6. The molecule has 1 fully saturated rings. The van der Waals surface area contributed by atoms with E-state index in [1.807, 2.05) is 6.92 Å². The number of rotatable bonds is 4. The van der Waals surface area contributed by atoms with Crippen molar-refractivity contribution >= 4 is 0 Å². The summed E-state index contributed by atoms with van der Waals surface area (Å²) in [6.07, 6.45) is 5.61. The van der Waals surface area contributed by atoms with E-state index in [4.69, 9.17) is 0 Å². The summed E-state index contributed by atoms with van der Waals surface area (Å²) in [5.41, 5.74) is -0.414. The number of aliphatic hydroxyl groups is 1. The zero-order chi connectivity index (χ0) is 11.3. The molecule has 0 aromatic heterocycles. The van der Waals surface area contributed by atoms with Gasteiger partial charge in [0.2, 0.25) is 0 Å². The maximum Gasteiger partial charge on any atom is 0.0632 e. The molecular weight excluding hydrogens is 186 g/mol. The lowest BCUT2D eigenvalue weighted by molar-refractivity contribution is 0.0441. The summed E-state index contributed by atoms with van der Waals surface area (Å²) in [5.74, 6) is 0.841. The van der Waals surface area contributed by atoms with Crippen molar-refractivity contribution in [3.05, 3.63) is 0 Å². The molecule has 15 heavy (non-hydrogen) atoms. The topological polar surface area (TPSA) is 23.5 Å². The van der Waals surface area contributed by atoms with Crippen molar-refractivity contribution < 1.29 is 5.11 Å². The number of hydrogen-bond donors (Lipinski definition) is 1. The average Bonchev–Trinajstić information content (AvgIpc) is 2.36. The molecule has 0 spiro atoms. The highest BCUT2D eigenvalue weighted by atomic mass is 16.3. The molecular formula is C13H27NO. The van der Waals surface area contributed by atoms with Crippen LogP contribution in [0, 0.1) is 5.92 Å². The first-order valence-electron chi connectivity index (χ1n) is 6.52. The van der Waals surface area contributed by atoms with Crippen LogP contribution in [0.4, 0.5) is 0 Å². The quantitative estimate of drug-likeness (QED) is 0.776. The van der Waals surface area contributed by atoms with Gasteiger partial charge in [-0.3, -0.25) is 0 Å². The van der Waals surface area contributed by atoms with Crippen molar-refractivity contribution in [2.45, 2.75) is 58.5 Å². The van der Waals surface area contributed by atoms with Crippen LogP contribution in [0.3, 0.4) is 0 Å². The van der Waals surface area contributed by atoms with E-state index in [9.17, 15) is 5.11 Å². The lowest BCUT2D eigenvalue weighted by Gasteiger charge is -2.25. The van der Waals surface area contributed by atoms with Crippen molar-refractivity contribution in [1.29, 1.82) is 0 Å². The standard InChI is InChI=1S/C13H27NO/c1-4-12(5-2)11-14-9-6-7-13(3,15)8-10-14/h12,15H,4-11H2,1-3H3. The second-order valence-corrected chi connectivity index (χ2v) is 5.33. The Hall–Kier alpha value is -0.0800. The van der Waals surface area contributed by atoms with Gasteiger partial charge >= 0.3 is 0 Å². The molecule has 1 unspecified atom stereocenters. The first kappa shape index (κ1) is 13.0. The average molecular weight is 213 g/mol. The summed E-state index contributed by atoms with van der Waals surface area (Å²) in [5, 5.41) is 9.99. The van der Waals surface area contributed by atoms with Gasteiger partial charge in [0.1, 0.15) is 0 Å². The third kappa shape index (κ3) is 4.52. The molecule has 1 rings (SSSR count). The molecule has 1 N–H and O–H groups in total. The van der Waals surface area contributed by atoms with Gasteiger partial charge in [-0.25, -0.2) is 0 Å². The van der Waals surface area contributed by atoms with Gasteiger partial charge in [-0.1, -0.05) is 26.7 Å². The Morgan fingerprint density at radius 2 is 1.87 bits per heavy atom. The van der Waals surface area contributed by atoms with E-state index in [2.05, 4.69) is 18.7 Å². The third-order valence-corrected chi connectivity index (χ3v) is 3.83. The Morgan fingerprint density at radius 1 is 1.20 bits per heavy atom. The fourth-order valence-corrected chi connectivity index (χ4v) is 2.41. The molecule has 0 aromatic carbocycles. The van der Waals surface area contributed by atoms with Gasteiger partial charge in [-0.15, -0.1) is 0 Å². The van der Waals surface area contributed by atoms with Crippen LogP contribution in [-0.2, 0) is 0 Å². The predicted molar refractivity (Wildman–Crippen MR) is 65.0 cm³/mol. The van der Waals surface area contributed by atoms with E-state index in [-0.39, 0.29) is 0 Å². The zero-order valence-electron chi connectivity index (χ0n) is 10.6. The summed E-state index contributed by atoms with van der Waals surface area (Å²) in [6.45, 7) is 10.0. The fraction of sp³-hybridized carbons (Fsp3) is 1.00. The molecule has 0 bridgehead atoms. The smallest absolute Gasteiger partial charge is 0.0632 e. The molecule has 0 radical (unpaired) electrons. The molecule has 0 amide bonds. The molecule has 2 nitrogen and oxygen atoms in total. The number of hydrogen-bond acceptors (Lipinski definition) is 2. The monoisotopic (exact) mass is 213 g/mol. The Bertz CT molecular complexity index is 175. The first-order chi connectivity index (χ1) is 7.07. The molecule has 90 valence electrons. The molecule has 2 heteroatoms. The lowest BCUT2D eigenvalue weighted by Crippen LogP contribution is -2.32. The second kappa shape index (κ2) is 5.86. The van der Waals surface area contributed by atoms with Gasteiger partial charge in [-0.05, 0) is 38.6 Å². The predicted octanol–water partition coefficient (Wildman–Crippen LogP) is 2.66. The van der Waals surface area contributed by atoms with Crippen LogP contribution in [0.15, 0.2) is 0 Å². The molecule has 1 saturated heterocycles. The molecule has 0 aliphatic carbocycles. The summed E-state index contributed by atoms with van der Waals surface area (Å²) < 4.78 is 0. The van der Waals surface area contributed by atoms with Crippen molar-refractivity contribution in [1.82, 2.24) is 4.90 Å². The minimum atomic E-state index is -0.414. The van der Waals surface area contributed by atoms with E-state index in [1.54, 1.807) is 0 Å². The maximum absolute atomic E-state index is 9.99. The van der Waals surface area contributed by atoms with Crippen LogP contribution in [0.2, 0.25) is 0 Å². The van der Waals surface area contributed by atoms with E-state index >= 15 is 0 Å². The van der Waals surface area contributed by atoms with E-state index in [1.165, 1.54) is 25.9 Å². The Kier molecular flexibility index (Phi) is 5.07. The molecule has 1 aliphatic rings. The Morgan fingerprint density at radius 3 is 2.47 bits per heavy atom. The van der Waals surface area contributed by atoms with Crippen LogP contribution >= 0.6 is 0 Å². The SMILES string of the molecule is CCC(CC)CN1CCCC(C)(O)CC1. The fourth-order valence-electron chi connectivity index (χ4n) is 2.41. The third-order valence-electron chi connectivity index (χ3n) is 3.83. The van der Waals surface area contributed by atoms with Crippen molar-refractivity contribution in [2.75, 3.05) is 19.6 Å². The minimum Gasteiger partial charge on any atom is -0.390 e. The van der Waals surface area contributed by atoms with Crippen LogP contribution in [0.5, 0.6) is 0 Å². The molecule has 1 heterocycles. The van der Waals surface area contributed by atoms with Crippen LogP contribution in [0.1, 0.15) is 52.9 Å². The molecule has 1 aliphatic heterocycles. The van der Waals surface area contributed by atoms with Crippen molar-refractivity contribution in [3.8, 4) is 0 Å². The lowest BCUT2D eigenvalue weighted by atomic mass is 9.98. The Labute approximate surface area is 94.7 Å². The summed E-state index contributed by atoms with van der Waals surface area (Å²) in [6, 6.07) is 0. The van der Waals surface area contributed by atoms with Crippen LogP contribution in [0.25, 0.3) is 0 Å². The van der Waals surface area contributed by atoms with Crippen molar-refractivity contribution in [3.63, 3.8) is 0 Å².